The van der Waals surface area contributed by atoms with Gasteiger partial charge in [-0.05, 0) is 12.1 Å². The summed E-state index contributed by atoms with van der Waals surface area (Å²) in [5.74, 6) is 0.733. The lowest BCUT2D eigenvalue weighted by atomic mass is 10.2. The number of halogens is 1. The van der Waals surface area contributed by atoms with Gasteiger partial charge in [0.1, 0.15) is 17.8 Å². The molecule has 1 amide bonds. The quantitative estimate of drug-likeness (QED) is 0.802. The Kier molecular flexibility index (Phi) is 5.40. The van der Waals surface area contributed by atoms with Gasteiger partial charge in [0.05, 0.1) is 23.9 Å². The van der Waals surface area contributed by atoms with E-state index in [0.717, 1.165) is 42.7 Å². The number of rotatable bonds is 3. The number of anilines is 2. The lowest BCUT2D eigenvalue weighted by molar-refractivity contribution is 0.0740. The summed E-state index contributed by atoms with van der Waals surface area (Å²) in [6.45, 7) is 5.69. The molecule has 2 aromatic rings. The molecule has 8 heteroatoms. The van der Waals surface area contributed by atoms with E-state index in [-0.39, 0.29) is 5.91 Å². The molecule has 1 aromatic carbocycles. The SMILES string of the molecule is O=C(c1cc(N2CCOCC2)ncn1)N1CCN(c2ccccc2Cl)CC1. The number of nitrogens with zero attached hydrogens (tertiary/aromatic N) is 5. The summed E-state index contributed by atoms with van der Waals surface area (Å²) < 4.78 is 5.37. The third kappa shape index (κ3) is 3.99. The topological polar surface area (TPSA) is 61.8 Å². The number of hydrogen-bond acceptors (Lipinski definition) is 6. The highest BCUT2D eigenvalue weighted by Crippen LogP contribution is 2.26. The molecule has 3 heterocycles. The van der Waals surface area contributed by atoms with Crippen LogP contribution in [0.4, 0.5) is 11.5 Å². The molecule has 0 atom stereocenters. The van der Waals surface area contributed by atoms with Gasteiger partial charge >= 0.3 is 0 Å². The van der Waals surface area contributed by atoms with Crippen LogP contribution in [0.1, 0.15) is 10.5 Å². The largest absolute Gasteiger partial charge is 0.378 e. The van der Waals surface area contributed by atoms with E-state index < -0.39 is 0 Å². The second-order valence-electron chi connectivity index (χ2n) is 6.59. The van der Waals surface area contributed by atoms with E-state index in [4.69, 9.17) is 16.3 Å². The van der Waals surface area contributed by atoms with Gasteiger partial charge in [-0.25, -0.2) is 9.97 Å². The van der Waals surface area contributed by atoms with Crippen LogP contribution in [0.5, 0.6) is 0 Å². The molecule has 2 aliphatic rings. The van der Waals surface area contributed by atoms with E-state index in [0.29, 0.717) is 32.0 Å². The number of amides is 1. The van der Waals surface area contributed by atoms with Crippen LogP contribution in [0.3, 0.4) is 0 Å². The van der Waals surface area contributed by atoms with E-state index >= 15 is 0 Å². The first-order chi connectivity index (χ1) is 13.2. The number of carbonyl (C=O) groups excluding carboxylic acids is 1. The average molecular weight is 388 g/mol. The summed E-state index contributed by atoms with van der Waals surface area (Å²) >= 11 is 6.29. The Morgan fingerprint density at radius 2 is 1.70 bits per heavy atom. The third-order valence-corrected chi connectivity index (χ3v) is 5.29. The minimum atomic E-state index is -0.0503. The molecule has 2 fully saturated rings. The van der Waals surface area contributed by atoms with Crippen LogP contribution in [0.15, 0.2) is 36.7 Å². The van der Waals surface area contributed by atoms with Gasteiger partial charge in [0.2, 0.25) is 0 Å². The van der Waals surface area contributed by atoms with Gasteiger partial charge in [-0.2, -0.15) is 0 Å². The minimum Gasteiger partial charge on any atom is -0.378 e. The zero-order valence-corrected chi connectivity index (χ0v) is 15.8. The van der Waals surface area contributed by atoms with Gasteiger partial charge in [0.25, 0.3) is 5.91 Å². The van der Waals surface area contributed by atoms with Crippen molar-refractivity contribution in [1.29, 1.82) is 0 Å². The van der Waals surface area contributed by atoms with Crippen LogP contribution in [-0.2, 0) is 4.74 Å². The van der Waals surface area contributed by atoms with Gasteiger partial charge in [-0.15, -0.1) is 0 Å². The number of ether oxygens (including phenoxy) is 1. The Balaban J connectivity index is 1.41. The van der Waals surface area contributed by atoms with E-state index in [1.54, 1.807) is 6.07 Å². The number of morpholine rings is 1. The molecule has 27 heavy (non-hydrogen) atoms. The first kappa shape index (κ1) is 18.0. The molecule has 7 nitrogen and oxygen atoms in total. The fourth-order valence-electron chi connectivity index (χ4n) is 3.45. The summed E-state index contributed by atoms with van der Waals surface area (Å²) in [4.78, 5) is 27.6. The second-order valence-corrected chi connectivity index (χ2v) is 7.00. The molecule has 4 rings (SSSR count). The summed E-state index contributed by atoms with van der Waals surface area (Å²) in [7, 11) is 0. The molecule has 1 aromatic heterocycles. The standard InChI is InChI=1S/C19H22ClN5O2/c20-15-3-1-2-4-17(15)23-5-7-25(8-6-23)19(26)16-13-18(22-14-21-16)24-9-11-27-12-10-24/h1-4,13-14H,5-12H2. The highest BCUT2D eigenvalue weighted by Gasteiger charge is 2.25. The van der Waals surface area contributed by atoms with Crippen LogP contribution in [0.25, 0.3) is 0 Å². The highest BCUT2D eigenvalue weighted by molar-refractivity contribution is 6.33. The first-order valence-corrected chi connectivity index (χ1v) is 9.53. The number of aromatic nitrogens is 2. The molecule has 0 spiro atoms. The average Bonchev–Trinajstić information content (AvgIpc) is 2.74. The van der Waals surface area contributed by atoms with Crippen molar-refractivity contribution in [2.24, 2.45) is 0 Å². The fourth-order valence-corrected chi connectivity index (χ4v) is 3.71. The van der Waals surface area contributed by atoms with Gasteiger partial charge in [-0.3, -0.25) is 4.79 Å². The molecule has 0 unspecified atom stereocenters. The Morgan fingerprint density at radius 3 is 2.44 bits per heavy atom. The predicted octanol–water partition coefficient (Wildman–Crippen LogP) is 1.93. The van der Waals surface area contributed by atoms with Crippen molar-refractivity contribution in [2.75, 3.05) is 62.3 Å². The Hall–Kier alpha value is -2.38. The Morgan fingerprint density at radius 1 is 0.963 bits per heavy atom. The molecule has 142 valence electrons. The van der Waals surface area contributed by atoms with Crippen molar-refractivity contribution >= 4 is 29.0 Å². The lowest BCUT2D eigenvalue weighted by Gasteiger charge is -2.36. The van der Waals surface area contributed by atoms with Crippen LogP contribution >= 0.6 is 11.6 Å². The number of para-hydroxylation sites is 1. The van der Waals surface area contributed by atoms with Crippen LogP contribution in [0.2, 0.25) is 5.02 Å². The van der Waals surface area contributed by atoms with Crippen molar-refractivity contribution in [2.45, 2.75) is 0 Å². The first-order valence-electron chi connectivity index (χ1n) is 9.16. The Bertz CT molecular complexity index is 804. The number of piperazine rings is 1. The third-order valence-electron chi connectivity index (χ3n) is 4.97. The molecule has 0 bridgehead atoms. The van der Waals surface area contributed by atoms with Crippen molar-refractivity contribution in [3.05, 3.63) is 47.4 Å². The molecule has 0 N–H and O–H groups in total. The van der Waals surface area contributed by atoms with Gasteiger partial charge in [-0.1, -0.05) is 23.7 Å². The van der Waals surface area contributed by atoms with Gasteiger partial charge in [0, 0.05) is 45.3 Å². The fraction of sp³-hybridized carbons (Fsp3) is 0.421. The molecule has 2 aliphatic heterocycles. The van der Waals surface area contributed by atoms with Crippen molar-refractivity contribution in [3.63, 3.8) is 0 Å². The Labute approximate surface area is 163 Å². The summed E-state index contributed by atoms with van der Waals surface area (Å²) in [6, 6.07) is 9.59. The molecular formula is C19H22ClN5O2. The van der Waals surface area contributed by atoms with Crippen LogP contribution in [-0.4, -0.2) is 73.3 Å². The van der Waals surface area contributed by atoms with Crippen molar-refractivity contribution in [3.8, 4) is 0 Å². The number of hydrogen-bond donors (Lipinski definition) is 0. The summed E-state index contributed by atoms with van der Waals surface area (Å²) in [5.41, 5.74) is 1.46. The normalized spacial score (nSPS) is 17.9. The highest BCUT2D eigenvalue weighted by atomic mass is 35.5. The maximum atomic E-state index is 12.9. The zero-order valence-electron chi connectivity index (χ0n) is 15.1. The molecule has 2 saturated heterocycles. The maximum absolute atomic E-state index is 12.9. The molecule has 0 aliphatic carbocycles. The van der Waals surface area contributed by atoms with Crippen LogP contribution in [0, 0.1) is 0 Å². The van der Waals surface area contributed by atoms with E-state index in [2.05, 4.69) is 19.8 Å². The summed E-state index contributed by atoms with van der Waals surface area (Å²) in [5, 5.41) is 0.739. The van der Waals surface area contributed by atoms with E-state index in [9.17, 15) is 4.79 Å². The summed E-state index contributed by atoms with van der Waals surface area (Å²) in [6.07, 6.45) is 1.47. The number of benzene rings is 1. The van der Waals surface area contributed by atoms with E-state index in [1.165, 1.54) is 6.33 Å². The minimum absolute atomic E-state index is 0.0503. The zero-order chi connectivity index (χ0) is 18.6. The molecule has 0 saturated carbocycles. The lowest BCUT2D eigenvalue weighted by Crippen LogP contribution is -2.49. The van der Waals surface area contributed by atoms with Gasteiger partial charge < -0.3 is 19.4 Å². The predicted molar refractivity (Wildman–Crippen MR) is 105 cm³/mol. The van der Waals surface area contributed by atoms with E-state index in [1.807, 2.05) is 29.2 Å². The molecule has 0 radical (unpaired) electrons. The number of carbonyl (C=O) groups is 1. The van der Waals surface area contributed by atoms with Crippen molar-refractivity contribution < 1.29 is 9.53 Å². The second kappa shape index (κ2) is 8.10. The monoisotopic (exact) mass is 387 g/mol. The molecular weight excluding hydrogens is 366 g/mol. The smallest absolute Gasteiger partial charge is 0.272 e. The van der Waals surface area contributed by atoms with Crippen LogP contribution < -0.4 is 9.80 Å². The maximum Gasteiger partial charge on any atom is 0.272 e. The van der Waals surface area contributed by atoms with Gasteiger partial charge in [0.15, 0.2) is 0 Å². The van der Waals surface area contributed by atoms with Crippen molar-refractivity contribution in [1.82, 2.24) is 14.9 Å².